The molecule has 176 valence electrons. The number of anilines is 1. The normalized spacial score (nSPS) is 14.4. The van der Waals surface area contributed by atoms with Gasteiger partial charge in [0.05, 0.1) is 11.4 Å². The molecular weight excluding hydrogens is 472 g/mol. The van der Waals surface area contributed by atoms with E-state index < -0.39 is 11.9 Å². The Morgan fingerprint density at radius 3 is 2.50 bits per heavy atom. The van der Waals surface area contributed by atoms with Crippen LogP contribution in [0.1, 0.15) is 47.0 Å². The summed E-state index contributed by atoms with van der Waals surface area (Å²) < 4.78 is 0. The number of benzene rings is 1. The van der Waals surface area contributed by atoms with Gasteiger partial charge in [-0.1, -0.05) is 36.6 Å². The number of halogens is 1. The number of hydrogen-bond acceptors (Lipinski definition) is 5. The first kappa shape index (κ1) is 23.9. The Labute approximate surface area is 207 Å². The van der Waals surface area contributed by atoms with Crippen LogP contribution in [0.15, 0.2) is 66.3 Å². The molecule has 0 radical (unpaired) electrons. The van der Waals surface area contributed by atoms with Crippen molar-refractivity contribution in [1.82, 2.24) is 15.6 Å². The number of nitrogens with one attached hydrogen (secondary N) is 2. The minimum absolute atomic E-state index is 0.0763. The highest BCUT2D eigenvalue weighted by atomic mass is 35.5. The summed E-state index contributed by atoms with van der Waals surface area (Å²) in [5.74, 6) is -1.05. The van der Waals surface area contributed by atoms with Crippen LogP contribution < -0.4 is 15.5 Å². The summed E-state index contributed by atoms with van der Waals surface area (Å²) in [5.41, 5.74) is 1.07. The molecule has 0 saturated heterocycles. The molecule has 2 aromatic heterocycles. The Hall–Kier alpha value is -3.23. The molecule has 7 nitrogen and oxygen atoms in total. The Morgan fingerprint density at radius 1 is 1.09 bits per heavy atom. The van der Waals surface area contributed by atoms with Crippen LogP contribution in [0.25, 0.3) is 0 Å². The number of aromatic nitrogens is 1. The number of hydrogen-bond donors (Lipinski definition) is 2. The van der Waals surface area contributed by atoms with Crippen molar-refractivity contribution in [3.8, 4) is 0 Å². The largest absolute Gasteiger partial charge is 0.351 e. The molecular formula is C25H25ClN4O3S. The highest BCUT2D eigenvalue weighted by Gasteiger charge is 2.34. The standard InChI is InChI=1S/C25H25ClN4O3S/c26-18-9-11-20(12-10-18)30(22(31)16-28-24(32)21-8-4-14-34-21)23(17-5-3-13-27-15-17)25(33)29-19-6-1-2-7-19/h3-5,8-15,19,23H,1-2,6-7,16H2,(H,28,32)(H,29,33)/t23-/m0/s1. The lowest BCUT2D eigenvalue weighted by atomic mass is 10.0. The predicted octanol–water partition coefficient (Wildman–Crippen LogP) is 4.36. The van der Waals surface area contributed by atoms with Crippen LogP contribution in [-0.2, 0) is 9.59 Å². The maximum Gasteiger partial charge on any atom is 0.261 e. The molecule has 0 bridgehead atoms. The molecule has 0 unspecified atom stereocenters. The van der Waals surface area contributed by atoms with Crippen LogP contribution in [0, 0.1) is 0 Å². The Kier molecular flexibility index (Phi) is 7.92. The van der Waals surface area contributed by atoms with E-state index >= 15 is 0 Å². The molecule has 34 heavy (non-hydrogen) atoms. The van der Waals surface area contributed by atoms with Crippen molar-refractivity contribution in [3.63, 3.8) is 0 Å². The number of carbonyl (C=O) groups is 3. The second-order valence-corrected chi connectivity index (χ2v) is 9.46. The number of amides is 3. The second kappa shape index (κ2) is 11.3. The molecule has 1 saturated carbocycles. The molecule has 2 heterocycles. The SMILES string of the molecule is O=C(NCC(=O)N(c1ccc(Cl)cc1)[C@H](C(=O)NC1CCCC1)c1cccnc1)c1cccs1. The monoisotopic (exact) mass is 496 g/mol. The lowest BCUT2D eigenvalue weighted by Gasteiger charge is -2.32. The molecule has 1 aliphatic rings. The zero-order valence-electron chi connectivity index (χ0n) is 18.4. The van der Waals surface area contributed by atoms with Crippen LogP contribution in [0.3, 0.4) is 0 Å². The number of carbonyl (C=O) groups excluding carboxylic acids is 3. The summed E-state index contributed by atoms with van der Waals surface area (Å²) in [6.07, 6.45) is 7.16. The van der Waals surface area contributed by atoms with E-state index in [-0.39, 0.29) is 24.4 Å². The number of rotatable bonds is 8. The van der Waals surface area contributed by atoms with Crippen molar-refractivity contribution < 1.29 is 14.4 Å². The molecule has 9 heteroatoms. The quantitative estimate of drug-likeness (QED) is 0.484. The zero-order valence-corrected chi connectivity index (χ0v) is 20.0. The Balaban J connectivity index is 1.65. The van der Waals surface area contributed by atoms with Crippen molar-refractivity contribution in [2.24, 2.45) is 0 Å². The first-order valence-corrected chi connectivity index (χ1v) is 12.4. The summed E-state index contributed by atoms with van der Waals surface area (Å²) in [5, 5.41) is 8.08. The van der Waals surface area contributed by atoms with E-state index in [0.29, 0.717) is 21.2 Å². The fraction of sp³-hybridized carbons (Fsp3) is 0.280. The summed E-state index contributed by atoms with van der Waals surface area (Å²) in [6, 6.07) is 12.8. The van der Waals surface area contributed by atoms with Gasteiger partial charge >= 0.3 is 0 Å². The third-order valence-corrected chi connectivity index (χ3v) is 6.85. The topological polar surface area (TPSA) is 91.4 Å². The lowest BCUT2D eigenvalue weighted by Crippen LogP contribution is -2.49. The van der Waals surface area contributed by atoms with Crippen molar-refractivity contribution in [3.05, 3.63) is 81.8 Å². The predicted molar refractivity (Wildman–Crippen MR) is 133 cm³/mol. The van der Waals surface area contributed by atoms with E-state index in [2.05, 4.69) is 15.6 Å². The third kappa shape index (κ3) is 5.81. The van der Waals surface area contributed by atoms with Gasteiger partial charge in [0.25, 0.3) is 5.91 Å². The van der Waals surface area contributed by atoms with Gasteiger partial charge < -0.3 is 10.6 Å². The van der Waals surface area contributed by atoms with Crippen LogP contribution in [0.2, 0.25) is 5.02 Å². The molecule has 2 N–H and O–H groups in total. The van der Waals surface area contributed by atoms with Gasteiger partial charge in [-0.25, -0.2) is 0 Å². The van der Waals surface area contributed by atoms with Gasteiger partial charge in [0.1, 0.15) is 6.04 Å². The Bertz CT molecular complexity index is 1120. The third-order valence-electron chi connectivity index (χ3n) is 5.73. The van der Waals surface area contributed by atoms with E-state index in [1.165, 1.54) is 16.2 Å². The van der Waals surface area contributed by atoms with E-state index in [4.69, 9.17) is 11.6 Å². The van der Waals surface area contributed by atoms with Crippen molar-refractivity contribution in [2.75, 3.05) is 11.4 Å². The second-order valence-electron chi connectivity index (χ2n) is 8.08. The highest BCUT2D eigenvalue weighted by molar-refractivity contribution is 7.12. The summed E-state index contributed by atoms with van der Waals surface area (Å²) in [4.78, 5) is 45.6. The molecule has 4 rings (SSSR count). The maximum atomic E-state index is 13.6. The molecule has 0 aliphatic heterocycles. The van der Waals surface area contributed by atoms with Gasteiger partial charge in [0.2, 0.25) is 11.8 Å². The number of pyridine rings is 1. The van der Waals surface area contributed by atoms with Crippen molar-refractivity contribution in [1.29, 1.82) is 0 Å². The molecule has 3 aromatic rings. The summed E-state index contributed by atoms with van der Waals surface area (Å²) >= 11 is 7.37. The van der Waals surface area contributed by atoms with Gasteiger partial charge in [-0.3, -0.25) is 24.3 Å². The van der Waals surface area contributed by atoms with E-state index in [1.54, 1.807) is 66.3 Å². The van der Waals surface area contributed by atoms with Crippen molar-refractivity contribution in [2.45, 2.75) is 37.8 Å². The first-order chi connectivity index (χ1) is 16.5. The summed E-state index contributed by atoms with van der Waals surface area (Å²) in [6.45, 7) is -0.271. The fourth-order valence-corrected chi connectivity index (χ4v) is 4.85. The van der Waals surface area contributed by atoms with Gasteiger partial charge in [0, 0.05) is 34.7 Å². The van der Waals surface area contributed by atoms with Crippen LogP contribution >= 0.6 is 22.9 Å². The molecule has 1 fully saturated rings. The minimum atomic E-state index is -0.957. The van der Waals surface area contributed by atoms with Crippen LogP contribution in [0.5, 0.6) is 0 Å². The molecule has 3 amide bonds. The van der Waals surface area contributed by atoms with Crippen LogP contribution in [0.4, 0.5) is 5.69 Å². The minimum Gasteiger partial charge on any atom is -0.351 e. The molecule has 1 aromatic carbocycles. The van der Waals surface area contributed by atoms with E-state index in [1.807, 2.05) is 0 Å². The van der Waals surface area contributed by atoms with Gasteiger partial charge in [-0.2, -0.15) is 0 Å². The maximum absolute atomic E-state index is 13.6. The lowest BCUT2D eigenvalue weighted by molar-refractivity contribution is -0.126. The molecule has 0 spiro atoms. The smallest absolute Gasteiger partial charge is 0.261 e. The van der Waals surface area contributed by atoms with Gasteiger partial charge in [0.15, 0.2) is 0 Å². The number of nitrogens with zero attached hydrogens (tertiary/aromatic N) is 2. The van der Waals surface area contributed by atoms with E-state index in [9.17, 15) is 14.4 Å². The van der Waals surface area contributed by atoms with Gasteiger partial charge in [-0.15, -0.1) is 11.3 Å². The Morgan fingerprint density at radius 2 is 1.85 bits per heavy atom. The summed E-state index contributed by atoms with van der Waals surface area (Å²) in [7, 11) is 0. The van der Waals surface area contributed by atoms with Gasteiger partial charge in [-0.05, 0) is 54.6 Å². The zero-order chi connectivity index (χ0) is 23.9. The molecule has 1 atom stereocenters. The fourth-order valence-electron chi connectivity index (χ4n) is 4.08. The number of thiophene rings is 1. The average molecular weight is 497 g/mol. The molecule has 1 aliphatic carbocycles. The van der Waals surface area contributed by atoms with Crippen LogP contribution in [-0.4, -0.2) is 35.3 Å². The van der Waals surface area contributed by atoms with Crippen molar-refractivity contribution >= 4 is 46.3 Å². The highest BCUT2D eigenvalue weighted by Crippen LogP contribution is 2.30. The van der Waals surface area contributed by atoms with E-state index in [0.717, 1.165) is 25.7 Å². The average Bonchev–Trinajstić information content (AvgIpc) is 3.57. The first-order valence-electron chi connectivity index (χ1n) is 11.1.